The van der Waals surface area contributed by atoms with Gasteiger partial charge in [0.05, 0.1) is 20.6 Å². The Kier molecular flexibility index (Phi) is 29.2. The second-order valence-corrected chi connectivity index (χ2v) is 11.3. The summed E-state index contributed by atoms with van der Waals surface area (Å²) >= 11 is 0. The molecule has 4 heteroatoms. The Hall–Kier alpha value is -0.610. The average molecular weight is 499 g/mol. The summed E-state index contributed by atoms with van der Waals surface area (Å²) < 4.78 is -0.156. The van der Waals surface area contributed by atoms with Crippen LogP contribution < -0.4 is 5.73 Å². The third-order valence-electron chi connectivity index (χ3n) is 6.98. The minimum atomic E-state index is -0.156. The molecule has 0 saturated carbocycles. The van der Waals surface area contributed by atoms with Crippen molar-refractivity contribution in [3.63, 3.8) is 0 Å². The summed E-state index contributed by atoms with van der Waals surface area (Å²) in [4.78, 5) is 11.7. The lowest BCUT2D eigenvalue weighted by Gasteiger charge is -2.33. The number of unbranched alkanes of at least 4 members (excludes halogenated alkanes) is 18. The number of hydrogen-bond donors (Lipinski definition) is 1. The van der Waals surface area contributed by atoms with E-state index < -0.39 is 0 Å². The highest BCUT2D eigenvalue weighted by Crippen LogP contribution is 2.19. The van der Waals surface area contributed by atoms with E-state index in [4.69, 9.17) is 5.73 Å². The Labute approximate surface area is 221 Å². The predicted octanol–water partition coefficient (Wildman–Crippen LogP) is 9.68. The summed E-state index contributed by atoms with van der Waals surface area (Å²) in [7, 11) is 3.31. The Morgan fingerprint density at radius 2 is 0.857 bits per heavy atom. The van der Waals surface area contributed by atoms with Gasteiger partial charge in [0.2, 0.25) is 5.91 Å². The molecule has 0 aliphatic heterocycles. The second kappa shape index (κ2) is 28.0. The fourth-order valence-electron chi connectivity index (χ4n) is 4.72. The van der Waals surface area contributed by atoms with Crippen molar-refractivity contribution in [1.29, 1.82) is 0 Å². The largest absolute Gasteiger partial charge is 0.633 e. The first kappa shape index (κ1) is 36.5. The van der Waals surface area contributed by atoms with E-state index in [9.17, 15) is 10.0 Å². The van der Waals surface area contributed by atoms with E-state index in [1.807, 2.05) is 6.92 Å². The van der Waals surface area contributed by atoms with Gasteiger partial charge in [0, 0.05) is 5.92 Å². The molecule has 0 unspecified atom stereocenters. The summed E-state index contributed by atoms with van der Waals surface area (Å²) in [5.74, 6) is 0.0648. The standard InChI is InChI=1S/C26H53NO.C5H13NO/c1-3-5-7-9-11-13-15-17-19-21-23-25(26(27)28)24-22-20-18-16-14-12-10-8-6-4-2;1-4-5-6(2,3)7/h25H,3-24H2,1-2H3,(H2,27,28);4-5H2,1-3H3. The van der Waals surface area contributed by atoms with Gasteiger partial charge in [-0.1, -0.05) is 149 Å². The molecule has 0 aromatic heterocycles. The first-order valence-electron chi connectivity index (χ1n) is 15.6. The van der Waals surface area contributed by atoms with Gasteiger partial charge in [-0.3, -0.25) is 4.79 Å². The van der Waals surface area contributed by atoms with Crippen LogP contribution in [0.25, 0.3) is 0 Å². The predicted molar refractivity (Wildman–Crippen MR) is 156 cm³/mol. The first-order chi connectivity index (χ1) is 16.8. The van der Waals surface area contributed by atoms with Gasteiger partial charge in [-0.2, -0.15) is 0 Å². The van der Waals surface area contributed by atoms with Gasteiger partial charge in [-0.15, -0.1) is 0 Å². The third kappa shape index (κ3) is 33.4. The Morgan fingerprint density at radius 3 is 1.06 bits per heavy atom. The Morgan fingerprint density at radius 1 is 0.571 bits per heavy atom. The number of carbonyl (C=O) groups is 1. The molecule has 0 radical (unpaired) electrons. The molecule has 4 nitrogen and oxygen atoms in total. The normalized spacial score (nSPS) is 11.5. The number of nitrogens with two attached hydrogens (primary N) is 1. The molecule has 0 aliphatic rings. The van der Waals surface area contributed by atoms with E-state index in [0.717, 1.165) is 25.8 Å². The molecule has 35 heavy (non-hydrogen) atoms. The van der Waals surface area contributed by atoms with Crippen LogP contribution in [0.15, 0.2) is 0 Å². The molecule has 1 amide bonds. The zero-order valence-corrected chi connectivity index (χ0v) is 24.9. The minimum absolute atomic E-state index is 0.0631. The van der Waals surface area contributed by atoms with Crippen molar-refractivity contribution < 1.29 is 9.44 Å². The van der Waals surface area contributed by atoms with Gasteiger partial charge in [0.15, 0.2) is 0 Å². The monoisotopic (exact) mass is 499 g/mol. The highest BCUT2D eigenvalue weighted by atomic mass is 16.5. The summed E-state index contributed by atoms with van der Waals surface area (Å²) in [5.41, 5.74) is 5.64. The van der Waals surface area contributed by atoms with Gasteiger partial charge in [0.1, 0.15) is 0 Å². The van der Waals surface area contributed by atoms with Crippen LogP contribution in [-0.4, -0.2) is 31.2 Å². The van der Waals surface area contributed by atoms with Gasteiger partial charge >= 0.3 is 0 Å². The SMILES string of the molecule is CCCCCCCCCCCCC(CCCCCCCCCCCC)C(N)=O.CCC[N+](C)(C)[O-]. The lowest BCUT2D eigenvalue weighted by molar-refractivity contribution is -0.839. The second-order valence-electron chi connectivity index (χ2n) is 11.3. The van der Waals surface area contributed by atoms with Crippen molar-refractivity contribution in [1.82, 2.24) is 0 Å². The fourth-order valence-corrected chi connectivity index (χ4v) is 4.72. The van der Waals surface area contributed by atoms with E-state index in [0.29, 0.717) is 0 Å². The molecule has 2 N–H and O–H groups in total. The fraction of sp³-hybridized carbons (Fsp3) is 0.968. The highest BCUT2D eigenvalue weighted by Gasteiger charge is 2.14. The number of hydrogen-bond acceptors (Lipinski definition) is 2. The first-order valence-corrected chi connectivity index (χ1v) is 15.6. The number of quaternary nitrogens is 1. The highest BCUT2D eigenvalue weighted by molar-refractivity contribution is 5.76. The summed E-state index contributed by atoms with van der Waals surface area (Å²) in [6.07, 6.45) is 30.0. The topological polar surface area (TPSA) is 66.2 Å². The lowest BCUT2D eigenvalue weighted by atomic mass is 9.93. The van der Waals surface area contributed by atoms with Crippen molar-refractivity contribution in [3.8, 4) is 0 Å². The number of hydroxylamine groups is 3. The molecule has 0 aromatic rings. The van der Waals surface area contributed by atoms with Crippen LogP contribution in [0.1, 0.15) is 168 Å². The smallest absolute Gasteiger partial charge is 0.220 e. The van der Waals surface area contributed by atoms with Crippen molar-refractivity contribution in [2.24, 2.45) is 11.7 Å². The van der Waals surface area contributed by atoms with E-state index in [-0.39, 0.29) is 16.5 Å². The van der Waals surface area contributed by atoms with Crippen LogP contribution in [0.2, 0.25) is 0 Å². The van der Waals surface area contributed by atoms with Crippen molar-refractivity contribution >= 4 is 5.91 Å². The molecule has 212 valence electrons. The zero-order chi connectivity index (χ0) is 26.6. The summed E-state index contributed by atoms with van der Waals surface area (Å²) in [6, 6.07) is 0. The minimum Gasteiger partial charge on any atom is -0.633 e. The number of primary amides is 1. The molecule has 0 rings (SSSR count). The van der Waals surface area contributed by atoms with E-state index >= 15 is 0 Å². The van der Waals surface area contributed by atoms with Gasteiger partial charge in [-0.05, 0) is 19.3 Å². The molecule has 0 bridgehead atoms. The van der Waals surface area contributed by atoms with Crippen molar-refractivity contribution in [2.75, 3.05) is 20.6 Å². The summed E-state index contributed by atoms with van der Waals surface area (Å²) in [5, 5.41) is 10.6. The average Bonchev–Trinajstić information content (AvgIpc) is 2.79. The van der Waals surface area contributed by atoms with Crippen LogP contribution in [-0.2, 0) is 4.79 Å². The van der Waals surface area contributed by atoms with E-state index in [1.165, 1.54) is 128 Å². The molecule has 0 aliphatic carbocycles. The van der Waals surface area contributed by atoms with E-state index in [2.05, 4.69) is 13.8 Å². The van der Waals surface area contributed by atoms with Crippen LogP contribution >= 0.6 is 0 Å². The molecule has 0 fully saturated rings. The number of nitrogens with zero attached hydrogens (tertiary/aromatic N) is 1. The van der Waals surface area contributed by atoms with E-state index in [1.54, 1.807) is 14.1 Å². The molecular formula is C31H66N2O2. The lowest BCUT2D eigenvalue weighted by Crippen LogP contribution is -2.32. The van der Waals surface area contributed by atoms with Crippen molar-refractivity contribution in [2.45, 2.75) is 168 Å². The molecule has 0 aromatic carbocycles. The Bertz CT molecular complexity index is 397. The molecule has 0 atom stereocenters. The van der Waals surface area contributed by atoms with Gasteiger partial charge < -0.3 is 15.6 Å². The molecular weight excluding hydrogens is 432 g/mol. The van der Waals surface area contributed by atoms with Gasteiger partial charge in [0.25, 0.3) is 0 Å². The maximum atomic E-state index is 11.7. The zero-order valence-electron chi connectivity index (χ0n) is 24.9. The van der Waals surface area contributed by atoms with Crippen LogP contribution in [0.4, 0.5) is 0 Å². The molecule has 0 saturated heterocycles. The number of rotatable bonds is 25. The number of amides is 1. The van der Waals surface area contributed by atoms with Crippen LogP contribution in [0.5, 0.6) is 0 Å². The summed E-state index contributed by atoms with van der Waals surface area (Å²) in [6.45, 7) is 7.28. The van der Waals surface area contributed by atoms with Crippen LogP contribution in [0.3, 0.4) is 0 Å². The Balaban J connectivity index is 0. The molecule has 0 spiro atoms. The maximum Gasteiger partial charge on any atom is 0.220 e. The number of carbonyl (C=O) groups excluding carboxylic acids is 1. The third-order valence-corrected chi connectivity index (χ3v) is 6.98. The maximum absolute atomic E-state index is 11.7. The van der Waals surface area contributed by atoms with Crippen LogP contribution in [0, 0.1) is 11.1 Å². The van der Waals surface area contributed by atoms with Gasteiger partial charge in [-0.25, -0.2) is 0 Å². The molecule has 0 heterocycles. The quantitative estimate of drug-likeness (QED) is 0.0773. The van der Waals surface area contributed by atoms with Crippen molar-refractivity contribution in [3.05, 3.63) is 5.21 Å².